The summed E-state index contributed by atoms with van der Waals surface area (Å²) in [4.78, 5) is 16.4. The number of amides is 2. The summed E-state index contributed by atoms with van der Waals surface area (Å²) in [6, 6.07) is 23.7. The molecule has 3 aromatic rings. The van der Waals surface area contributed by atoms with Crippen molar-refractivity contribution in [3.63, 3.8) is 0 Å². The molecule has 0 spiro atoms. The van der Waals surface area contributed by atoms with Crippen molar-refractivity contribution in [1.29, 1.82) is 0 Å². The van der Waals surface area contributed by atoms with Crippen LogP contribution in [0.4, 0.5) is 10.5 Å². The lowest BCUT2D eigenvalue weighted by molar-refractivity contribution is 0.252. The molecule has 0 radical (unpaired) electrons. The van der Waals surface area contributed by atoms with Crippen LogP contribution in [0, 0.1) is 0 Å². The first-order valence-electron chi connectivity index (χ1n) is 8.51. The van der Waals surface area contributed by atoms with Gasteiger partial charge in [0.2, 0.25) is 0 Å². The average molecular weight is 363 g/mol. The van der Waals surface area contributed by atoms with Gasteiger partial charge >= 0.3 is 6.03 Å². The van der Waals surface area contributed by atoms with E-state index in [1.807, 2.05) is 54.6 Å². The van der Waals surface area contributed by atoms with E-state index in [-0.39, 0.29) is 6.03 Å². The summed E-state index contributed by atoms with van der Waals surface area (Å²) in [6.45, 7) is 0.602. The Morgan fingerprint density at radius 3 is 2.54 bits per heavy atom. The molecule has 132 valence electrons. The summed E-state index contributed by atoms with van der Waals surface area (Å²) in [5, 5.41) is 6.77. The average Bonchev–Trinajstić information content (AvgIpc) is 2.68. The lowest BCUT2D eigenvalue weighted by Crippen LogP contribution is -2.30. The fraction of sp³-hybridized carbons (Fsp3) is 0.143. The molecule has 0 fully saturated rings. The van der Waals surface area contributed by atoms with Crippen LogP contribution in [0.1, 0.15) is 11.1 Å². The molecular formula is C21H21N3OS. The first-order valence-corrected chi connectivity index (χ1v) is 9.50. The van der Waals surface area contributed by atoms with Crippen molar-refractivity contribution in [2.75, 3.05) is 11.9 Å². The number of rotatable bonds is 7. The summed E-state index contributed by atoms with van der Waals surface area (Å²) in [7, 11) is 0. The molecule has 3 rings (SSSR count). The predicted octanol–water partition coefficient (Wildman–Crippen LogP) is 4.74. The Hall–Kier alpha value is -2.79. The number of urea groups is 1. The number of carbonyl (C=O) groups is 1. The van der Waals surface area contributed by atoms with Gasteiger partial charge in [-0.1, -0.05) is 48.5 Å². The molecule has 4 nitrogen and oxygen atoms in total. The van der Waals surface area contributed by atoms with Crippen LogP contribution < -0.4 is 10.6 Å². The second-order valence-electron chi connectivity index (χ2n) is 5.77. The van der Waals surface area contributed by atoms with Crippen molar-refractivity contribution in [3.05, 3.63) is 90.1 Å². The Morgan fingerprint density at radius 2 is 1.73 bits per heavy atom. The molecule has 0 aliphatic carbocycles. The van der Waals surface area contributed by atoms with Gasteiger partial charge in [0.1, 0.15) is 0 Å². The van der Waals surface area contributed by atoms with Gasteiger partial charge in [-0.3, -0.25) is 0 Å². The van der Waals surface area contributed by atoms with Crippen molar-refractivity contribution < 1.29 is 4.79 Å². The molecule has 26 heavy (non-hydrogen) atoms. The quantitative estimate of drug-likeness (QED) is 0.596. The summed E-state index contributed by atoms with van der Waals surface area (Å²) >= 11 is 1.67. The largest absolute Gasteiger partial charge is 0.338 e. The maximum Gasteiger partial charge on any atom is 0.319 e. The molecule has 0 aliphatic heterocycles. The highest BCUT2D eigenvalue weighted by atomic mass is 32.2. The van der Waals surface area contributed by atoms with Gasteiger partial charge in [0.25, 0.3) is 0 Å². The minimum atomic E-state index is -0.185. The molecule has 0 unspecified atom stereocenters. The number of nitrogens with zero attached hydrogens (tertiary/aromatic N) is 1. The number of thioether (sulfide) groups is 1. The summed E-state index contributed by atoms with van der Waals surface area (Å²) in [5.74, 6) is 0.808. The third-order valence-corrected chi connectivity index (χ3v) is 4.77. The topological polar surface area (TPSA) is 54.0 Å². The van der Waals surface area contributed by atoms with Crippen molar-refractivity contribution in [1.82, 2.24) is 10.3 Å². The van der Waals surface area contributed by atoms with Crippen LogP contribution in [-0.4, -0.2) is 17.6 Å². The number of carbonyl (C=O) groups excluding carboxylic acids is 1. The number of pyridine rings is 1. The molecule has 0 aliphatic rings. The fourth-order valence-corrected chi connectivity index (χ4v) is 3.27. The molecule has 0 saturated carbocycles. The Labute approximate surface area is 158 Å². The van der Waals surface area contributed by atoms with E-state index >= 15 is 0 Å². The summed E-state index contributed by atoms with van der Waals surface area (Å²) in [5.41, 5.74) is 3.14. The third-order valence-electron chi connectivity index (χ3n) is 3.75. The number of hydrogen-bond acceptors (Lipinski definition) is 3. The fourth-order valence-electron chi connectivity index (χ4n) is 2.47. The van der Waals surface area contributed by atoms with E-state index in [0.717, 1.165) is 28.5 Å². The smallest absolute Gasteiger partial charge is 0.319 e. The highest BCUT2D eigenvalue weighted by Gasteiger charge is 2.03. The zero-order chi connectivity index (χ0) is 18.0. The van der Waals surface area contributed by atoms with Crippen LogP contribution in [0.25, 0.3) is 0 Å². The Kier molecular flexibility index (Phi) is 6.67. The zero-order valence-electron chi connectivity index (χ0n) is 14.4. The molecular weight excluding hydrogens is 342 g/mol. The predicted molar refractivity (Wildman–Crippen MR) is 107 cm³/mol. The van der Waals surface area contributed by atoms with Crippen LogP contribution in [-0.2, 0) is 12.2 Å². The van der Waals surface area contributed by atoms with E-state index in [4.69, 9.17) is 0 Å². The van der Waals surface area contributed by atoms with Gasteiger partial charge in [0.15, 0.2) is 0 Å². The van der Waals surface area contributed by atoms with E-state index in [1.54, 1.807) is 18.0 Å². The normalized spacial score (nSPS) is 10.3. The molecule has 2 N–H and O–H groups in total. The monoisotopic (exact) mass is 363 g/mol. The van der Waals surface area contributed by atoms with Crippen molar-refractivity contribution >= 4 is 23.5 Å². The summed E-state index contributed by atoms with van der Waals surface area (Å²) < 4.78 is 0. The van der Waals surface area contributed by atoms with Gasteiger partial charge in [-0.2, -0.15) is 0 Å². The van der Waals surface area contributed by atoms with Crippen LogP contribution in [0.5, 0.6) is 0 Å². The lowest BCUT2D eigenvalue weighted by atomic mass is 10.1. The number of hydrogen-bond donors (Lipinski definition) is 2. The number of benzene rings is 2. The Bertz CT molecular complexity index is 825. The van der Waals surface area contributed by atoms with Crippen LogP contribution in [0.2, 0.25) is 0 Å². The first-order chi connectivity index (χ1) is 12.8. The van der Waals surface area contributed by atoms with Gasteiger partial charge < -0.3 is 10.6 Å². The van der Waals surface area contributed by atoms with Gasteiger partial charge in [0, 0.05) is 24.2 Å². The maximum atomic E-state index is 12.1. The number of anilines is 1. The standard InChI is InChI=1S/C21H21N3OS/c25-21(23-14-12-17-7-2-1-3-8-17)24-19-10-6-9-18(15-19)16-26-20-11-4-5-13-22-20/h1-11,13,15H,12,14,16H2,(H2,23,24,25). The number of aromatic nitrogens is 1. The van der Waals surface area contributed by atoms with Crippen LogP contribution in [0.3, 0.4) is 0 Å². The summed E-state index contributed by atoms with van der Waals surface area (Å²) in [6.07, 6.45) is 2.61. The third kappa shape index (κ3) is 5.93. The van der Waals surface area contributed by atoms with E-state index < -0.39 is 0 Å². The lowest BCUT2D eigenvalue weighted by Gasteiger charge is -2.09. The minimum absolute atomic E-state index is 0.185. The molecule has 0 saturated heterocycles. The molecule has 2 amide bonds. The Balaban J connectivity index is 1.46. The van der Waals surface area contributed by atoms with E-state index in [0.29, 0.717) is 6.54 Å². The SMILES string of the molecule is O=C(NCCc1ccccc1)Nc1cccc(CSc2ccccn2)c1. The van der Waals surface area contributed by atoms with Crippen LogP contribution in [0.15, 0.2) is 84.0 Å². The van der Waals surface area contributed by atoms with Crippen LogP contribution >= 0.6 is 11.8 Å². The highest BCUT2D eigenvalue weighted by Crippen LogP contribution is 2.22. The second-order valence-corrected chi connectivity index (χ2v) is 6.77. The molecule has 1 aromatic heterocycles. The highest BCUT2D eigenvalue weighted by molar-refractivity contribution is 7.98. The van der Waals surface area contributed by atoms with Crippen molar-refractivity contribution in [2.24, 2.45) is 0 Å². The van der Waals surface area contributed by atoms with Gasteiger partial charge in [-0.25, -0.2) is 9.78 Å². The first kappa shape index (κ1) is 18.0. The molecule has 5 heteroatoms. The van der Waals surface area contributed by atoms with E-state index in [1.165, 1.54) is 5.56 Å². The van der Waals surface area contributed by atoms with Gasteiger partial charge in [-0.15, -0.1) is 11.8 Å². The molecule has 0 atom stereocenters. The van der Waals surface area contributed by atoms with Crippen molar-refractivity contribution in [3.8, 4) is 0 Å². The number of nitrogens with one attached hydrogen (secondary N) is 2. The maximum absolute atomic E-state index is 12.1. The van der Waals surface area contributed by atoms with Gasteiger partial charge in [0.05, 0.1) is 5.03 Å². The van der Waals surface area contributed by atoms with Crippen molar-refractivity contribution in [2.45, 2.75) is 17.2 Å². The van der Waals surface area contributed by atoms with E-state index in [9.17, 15) is 4.79 Å². The molecule has 0 bridgehead atoms. The zero-order valence-corrected chi connectivity index (χ0v) is 15.2. The van der Waals surface area contributed by atoms with Gasteiger partial charge in [-0.05, 0) is 41.8 Å². The minimum Gasteiger partial charge on any atom is -0.338 e. The molecule has 2 aromatic carbocycles. The van der Waals surface area contributed by atoms with E-state index in [2.05, 4.69) is 33.8 Å². The molecule has 1 heterocycles. The second kappa shape index (κ2) is 9.63. The Morgan fingerprint density at radius 1 is 0.923 bits per heavy atom.